The molecule has 6 nitrogen and oxygen atoms in total. The molecule has 0 bridgehead atoms. The van der Waals surface area contributed by atoms with Crippen molar-refractivity contribution in [2.24, 2.45) is 5.92 Å². The van der Waals surface area contributed by atoms with Crippen molar-refractivity contribution in [2.45, 2.75) is 18.4 Å². The summed E-state index contributed by atoms with van der Waals surface area (Å²) in [6.07, 6.45) is 0.772. The van der Waals surface area contributed by atoms with Gasteiger partial charge in [-0.2, -0.15) is 0 Å². The number of fused-ring (bicyclic) bond motifs is 5. The maximum Gasteiger partial charge on any atom is 0.335 e. The summed E-state index contributed by atoms with van der Waals surface area (Å²) < 4.78 is 0. The first-order valence-corrected chi connectivity index (χ1v) is 9.97. The molecule has 1 aliphatic heterocycles. The van der Waals surface area contributed by atoms with E-state index in [0.29, 0.717) is 10.6 Å². The van der Waals surface area contributed by atoms with Crippen molar-refractivity contribution < 1.29 is 14.8 Å². The maximum atomic E-state index is 11.6. The molecule has 0 saturated heterocycles. The van der Waals surface area contributed by atoms with E-state index in [9.17, 15) is 20.0 Å². The number of hydrogen-bond acceptors (Lipinski definition) is 4. The number of nitrogens with zero attached hydrogens (tertiary/aromatic N) is 1. The Morgan fingerprint density at radius 1 is 1.07 bits per heavy atom. The number of carboxylic acid groups (broad SMARTS) is 1. The van der Waals surface area contributed by atoms with Gasteiger partial charge in [-0.15, -0.1) is 0 Å². The van der Waals surface area contributed by atoms with Gasteiger partial charge in [0, 0.05) is 34.3 Å². The molecule has 1 aliphatic carbocycles. The third kappa shape index (κ3) is 2.83. The normalized spacial score (nSPS) is 21.2. The molecule has 2 N–H and O–H groups in total. The largest absolute Gasteiger partial charge is 0.478 e. The first-order valence-electron chi connectivity index (χ1n) is 9.59. The second-order valence-corrected chi connectivity index (χ2v) is 8.14. The number of rotatable bonds is 3. The predicted octanol–water partition coefficient (Wildman–Crippen LogP) is 5.42. The number of hydrogen-bond donors (Lipinski definition) is 2. The van der Waals surface area contributed by atoms with E-state index in [0.717, 1.165) is 17.7 Å². The summed E-state index contributed by atoms with van der Waals surface area (Å²) in [4.78, 5) is 22.5. The van der Waals surface area contributed by atoms with Gasteiger partial charge in [0.1, 0.15) is 0 Å². The summed E-state index contributed by atoms with van der Waals surface area (Å²) in [5, 5.41) is 24.8. The summed E-state index contributed by atoms with van der Waals surface area (Å²) in [6, 6.07) is 17.5. The fourth-order valence-electron chi connectivity index (χ4n) is 4.88. The highest BCUT2D eigenvalue weighted by molar-refractivity contribution is 6.31. The SMILES string of the molecule is O=C(O)c1ccc2c(c1)[C@@H]1c3ccccc3C[C@H]1[C@@H](c1cc([N+](=O)[O-])ccc1Cl)N2. The van der Waals surface area contributed by atoms with Crippen molar-refractivity contribution in [2.75, 3.05) is 5.32 Å². The number of halogens is 1. The van der Waals surface area contributed by atoms with Crippen molar-refractivity contribution in [3.8, 4) is 0 Å². The van der Waals surface area contributed by atoms with Crippen molar-refractivity contribution >= 4 is 28.9 Å². The number of nitro groups is 1. The molecule has 3 aromatic carbocycles. The Kier molecular flexibility index (Phi) is 4.25. The van der Waals surface area contributed by atoms with Crippen LogP contribution in [-0.4, -0.2) is 16.0 Å². The average Bonchev–Trinajstić information content (AvgIpc) is 3.13. The lowest BCUT2D eigenvalue weighted by atomic mass is 9.75. The lowest BCUT2D eigenvalue weighted by Crippen LogP contribution is -2.31. The Hall–Kier alpha value is -3.38. The minimum absolute atomic E-state index is 0.00437. The van der Waals surface area contributed by atoms with Crippen molar-refractivity contribution in [1.29, 1.82) is 0 Å². The number of nitrogens with one attached hydrogen (secondary N) is 1. The standard InChI is InChI=1S/C23H17ClN2O4/c24-19-7-6-14(26(29)30)11-16(19)22-18-9-12-3-1-2-4-15(12)21(18)17-10-13(23(27)28)5-8-20(17)25-22/h1-8,10-11,18,21-22,25H,9H2,(H,27,28)/t18-,21+,22-/m1/s1. The van der Waals surface area contributed by atoms with E-state index in [-0.39, 0.29) is 29.1 Å². The topological polar surface area (TPSA) is 92.5 Å². The zero-order valence-electron chi connectivity index (χ0n) is 15.7. The number of nitro benzene ring substituents is 1. The maximum absolute atomic E-state index is 11.6. The number of carbonyl (C=O) groups is 1. The summed E-state index contributed by atoms with van der Waals surface area (Å²) in [7, 11) is 0. The summed E-state index contributed by atoms with van der Waals surface area (Å²) >= 11 is 6.49. The number of non-ortho nitro benzene ring substituents is 1. The van der Waals surface area contributed by atoms with Crippen molar-refractivity contribution in [1.82, 2.24) is 0 Å². The Morgan fingerprint density at radius 3 is 2.63 bits per heavy atom. The highest BCUT2D eigenvalue weighted by Crippen LogP contribution is 2.54. The van der Waals surface area contributed by atoms with Gasteiger partial charge in [-0.25, -0.2) is 4.79 Å². The van der Waals surface area contributed by atoms with Gasteiger partial charge in [-0.1, -0.05) is 35.9 Å². The molecule has 0 aromatic heterocycles. The Morgan fingerprint density at radius 2 is 1.87 bits per heavy atom. The quantitative estimate of drug-likeness (QED) is 0.436. The van der Waals surface area contributed by atoms with Crippen LogP contribution in [0.25, 0.3) is 0 Å². The van der Waals surface area contributed by atoms with Gasteiger partial charge < -0.3 is 10.4 Å². The number of benzene rings is 3. The molecular weight excluding hydrogens is 404 g/mol. The number of carboxylic acids is 1. The van der Waals surface area contributed by atoms with Gasteiger partial charge in [-0.3, -0.25) is 10.1 Å². The van der Waals surface area contributed by atoms with Gasteiger partial charge in [0.2, 0.25) is 0 Å². The smallest absolute Gasteiger partial charge is 0.335 e. The van der Waals surface area contributed by atoms with Gasteiger partial charge in [0.25, 0.3) is 5.69 Å². The molecule has 30 heavy (non-hydrogen) atoms. The highest BCUT2D eigenvalue weighted by atomic mass is 35.5. The minimum atomic E-state index is -0.968. The second-order valence-electron chi connectivity index (χ2n) is 7.74. The Bertz CT molecular complexity index is 1210. The van der Waals surface area contributed by atoms with E-state index < -0.39 is 10.9 Å². The highest BCUT2D eigenvalue weighted by Gasteiger charge is 2.44. The van der Waals surface area contributed by atoms with Crippen molar-refractivity contribution in [3.63, 3.8) is 0 Å². The minimum Gasteiger partial charge on any atom is -0.478 e. The summed E-state index contributed by atoms with van der Waals surface area (Å²) in [5.41, 5.74) is 5.05. The number of aromatic carboxylic acids is 1. The molecule has 5 rings (SSSR count). The van der Waals surface area contributed by atoms with Crippen LogP contribution in [0, 0.1) is 16.0 Å². The van der Waals surface area contributed by atoms with Crippen LogP contribution in [-0.2, 0) is 6.42 Å². The van der Waals surface area contributed by atoms with Crippen LogP contribution >= 0.6 is 11.6 Å². The molecular formula is C23H17ClN2O4. The molecule has 1 heterocycles. The molecule has 0 fully saturated rings. The summed E-state index contributed by atoms with van der Waals surface area (Å²) in [6.45, 7) is 0. The molecule has 0 radical (unpaired) electrons. The van der Waals surface area contributed by atoms with Gasteiger partial charge in [-0.05, 0) is 53.3 Å². The van der Waals surface area contributed by atoms with Gasteiger partial charge in [0.05, 0.1) is 16.5 Å². The molecule has 150 valence electrons. The molecule has 3 atom stereocenters. The molecule has 0 unspecified atom stereocenters. The first-order chi connectivity index (χ1) is 14.4. The number of anilines is 1. The molecule has 0 saturated carbocycles. The van der Waals surface area contributed by atoms with E-state index in [1.165, 1.54) is 23.3 Å². The zero-order chi connectivity index (χ0) is 21.0. The van der Waals surface area contributed by atoms with E-state index in [4.69, 9.17) is 11.6 Å². The van der Waals surface area contributed by atoms with E-state index in [1.807, 2.05) is 12.1 Å². The monoisotopic (exact) mass is 420 g/mol. The van der Waals surface area contributed by atoms with Crippen LogP contribution in [0.1, 0.15) is 44.6 Å². The molecule has 0 spiro atoms. The van der Waals surface area contributed by atoms with Gasteiger partial charge in [0.15, 0.2) is 0 Å². The van der Waals surface area contributed by atoms with Crippen molar-refractivity contribution in [3.05, 3.63) is 104 Å². The molecule has 2 aliphatic rings. The third-order valence-electron chi connectivity index (χ3n) is 6.17. The van der Waals surface area contributed by atoms with Crippen LogP contribution in [0.4, 0.5) is 11.4 Å². The predicted molar refractivity (Wildman–Crippen MR) is 113 cm³/mol. The molecule has 7 heteroatoms. The second kappa shape index (κ2) is 6.85. The lowest BCUT2D eigenvalue weighted by Gasteiger charge is -2.38. The average molecular weight is 421 g/mol. The molecule has 3 aromatic rings. The van der Waals surface area contributed by atoms with Crippen LogP contribution in [0.5, 0.6) is 0 Å². The van der Waals surface area contributed by atoms with E-state index in [2.05, 4.69) is 17.4 Å². The van der Waals surface area contributed by atoms with Gasteiger partial charge >= 0.3 is 5.97 Å². The van der Waals surface area contributed by atoms with E-state index in [1.54, 1.807) is 24.3 Å². The zero-order valence-corrected chi connectivity index (χ0v) is 16.5. The Balaban J connectivity index is 1.70. The van der Waals surface area contributed by atoms with Crippen LogP contribution in [0.15, 0.2) is 60.7 Å². The fourth-order valence-corrected chi connectivity index (χ4v) is 5.12. The van der Waals surface area contributed by atoms with Crippen LogP contribution in [0.3, 0.4) is 0 Å². The third-order valence-corrected chi connectivity index (χ3v) is 6.52. The fraction of sp³-hybridized carbons (Fsp3) is 0.174. The Labute approximate surface area is 177 Å². The summed E-state index contributed by atoms with van der Waals surface area (Å²) in [5.74, 6) is -0.931. The first kappa shape index (κ1) is 18.6. The van der Waals surface area contributed by atoms with Crippen LogP contribution in [0.2, 0.25) is 5.02 Å². The molecule has 0 amide bonds. The lowest BCUT2D eigenvalue weighted by molar-refractivity contribution is -0.384. The van der Waals surface area contributed by atoms with Crippen LogP contribution < -0.4 is 5.32 Å². The van der Waals surface area contributed by atoms with E-state index >= 15 is 0 Å².